The molecular weight excluding hydrogens is 280 g/mol. The van der Waals surface area contributed by atoms with Crippen LogP contribution >= 0.6 is 0 Å². The highest BCUT2D eigenvalue weighted by Gasteiger charge is 2.19. The lowest BCUT2D eigenvalue weighted by Crippen LogP contribution is -2.32. The van der Waals surface area contributed by atoms with Gasteiger partial charge in [0.15, 0.2) is 0 Å². The Morgan fingerprint density at radius 2 is 2.23 bits per heavy atom. The number of aromatic nitrogens is 3. The Labute approximate surface area is 129 Å². The van der Waals surface area contributed by atoms with E-state index >= 15 is 0 Å². The number of benzene rings is 1. The first-order valence-electron chi connectivity index (χ1n) is 7.54. The summed E-state index contributed by atoms with van der Waals surface area (Å²) in [5.41, 5.74) is 2.02. The summed E-state index contributed by atoms with van der Waals surface area (Å²) in [5.74, 6) is 0.626. The van der Waals surface area contributed by atoms with Crippen LogP contribution in [0, 0.1) is 13.8 Å². The van der Waals surface area contributed by atoms with Crippen LogP contribution < -0.4 is 5.32 Å². The van der Waals surface area contributed by atoms with Crippen molar-refractivity contribution < 1.29 is 9.53 Å². The molecule has 0 bridgehead atoms. The number of hydrogen-bond donors (Lipinski definition) is 1. The van der Waals surface area contributed by atoms with Crippen LogP contribution in [0.2, 0.25) is 0 Å². The number of hydrogen-bond acceptors (Lipinski definition) is 4. The molecule has 1 amide bonds. The van der Waals surface area contributed by atoms with Crippen molar-refractivity contribution in [2.45, 2.75) is 32.8 Å². The van der Waals surface area contributed by atoms with Crippen LogP contribution in [-0.4, -0.2) is 39.9 Å². The van der Waals surface area contributed by atoms with Crippen molar-refractivity contribution in [2.75, 3.05) is 13.2 Å². The lowest BCUT2D eigenvalue weighted by molar-refractivity contribution is 0.0849. The van der Waals surface area contributed by atoms with Gasteiger partial charge in [-0.1, -0.05) is 18.2 Å². The second-order valence-electron chi connectivity index (χ2n) is 5.53. The lowest BCUT2D eigenvalue weighted by Gasteiger charge is -2.09. The quantitative estimate of drug-likeness (QED) is 0.934. The molecule has 2 aromatic rings. The smallest absolute Gasteiger partial charge is 0.291 e. The largest absolute Gasteiger partial charge is 0.376 e. The second-order valence-corrected chi connectivity index (χ2v) is 5.53. The first-order chi connectivity index (χ1) is 10.6. The van der Waals surface area contributed by atoms with E-state index in [2.05, 4.69) is 15.4 Å². The first kappa shape index (κ1) is 14.7. The van der Waals surface area contributed by atoms with Crippen molar-refractivity contribution in [1.29, 1.82) is 0 Å². The Bertz CT molecular complexity index is 675. The van der Waals surface area contributed by atoms with Gasteiger partial charge in [0.1, 0.15) is 5.82 Å². The summed E-state index contributed by atoms with van der Waals surface area (Å²) in [7, 11) is 0. The number of amides is 1. The highest BCUT2D eigenvalue weighted by atomic mass is 16.5. The van der Waals surface area contributed by atoms with Gasteiger partial charge in [0, 0.05) is 13.2 Å². The van der Waals surface area contributed by atoms with E-state index in [4.69, 9.17) is 4.74 Å². The SMILES string of the molecule is Cc1ccccc1-n1nc(C(=O)NCC2CCCO2)nc1C. The zero-order valence-corrected chi connectivity index (χ0v) is 12.9. The van der Waals surface area contributed by atoms with E-state index in [1.54, 1.807) is 4.68 Å². The fourth-order valence-electron chi connectivity index (χ4n) is 2.61. The number of aryl methyl sites for hydroxylation is 2. The molecule has 0 spiro atoms. The predicted molar refractivity (Wildman–Crippen MR) is 82.1 cm³/mol. The number of carbonyl (C=O) groups excluding carboxylic acids is 1. The number of ether oxygens (including phenoxy) is 1. The average Bonchev–Trinajstić information content (AvgIpc) is 3.15. The Kier molecular flexibility index (Phi) is 4.20. The normalized spacial score (nSPS) is 17.6. The molecule has 1 fully saturated rings. The van der Waals surface area contributed by atoms with Gasteiger partial charge in [0.05, 0.1) is 11.8 Å². The van der Waals surface area contributed by atoms with Gasteiger partial charge in [-0.15, -0.1) is 5.10 Å². The van der Waals surface area contributed by atoms with Crippen molar-refractivity contribution >= 4 is 5.91 Å². The molecule has 1 saturated heterocycles. The minimum atomic E-state index is -0.258. The molecule has 3 rings (SSSR count). The Balaban J connectivity index is 1.74. The van der Waals surface area contributed by atoms with E-state index in [1.807, 2.05) is 38.1 Å². The van der Waals surface area contributed by atoms with Gasteiger partial charge in [0.2, 0.25) is 5.82 Å². The maximum atomic E-state index is 12.2. The van der Waals surface area contributed by atoms with Gasteiger partial charge in [-0.3, -0.25) is 4.79 Å². The summed E-state index contributed by atoms with van der Waals surface area (Å²) in [5, 5.41) is 7.18. The van der Waals surface area contributed by atoms with Gasteiger partial charge >= 0.3 is 0 Å². The molecule has 6 nitrogen and oxygen atoms in total. The number of para-hydroxylation sites is 1. The Hall–Kier alpha value is -2.21. The molecule has 0 radical (unpaired) electrons. The monoisotopic (exact) mass is 300 g/mol. The number of carbonyl (C=O) groups is 1. The standard InChI is InChI=1S/C16H20N4O2/c1-11-6-3-4-8-14(11)20-12(2)18-15(19-20)16(21)17-10-13-7-5-9-22-13/h3-4,6,8,13H,5,7,9-10H2,1-2H3,(H,17,21). The summed E-state index contributed by atoms with van der Waals surface area (Å²) in [6.07, 6.45) is 2.16. The molecule has 6 heteroatoms. The molecule has 1 aliphatic rings. The minimum Gasteiger partial charge on any atom is -0.376 e. The van der Waals surface area contributed by atoms with Gasteiger partial charge < -0.3 is 10.1 Å². The van der Waals surface area contributed by atoms with Crippen LogP contribution in [-0.2, 0) is 4.74 Å². The Morgan fingerprint density at radius 1 is 1.41 bits per heavy atom. The van der Waals surface area contributed by atoms with Gasteiger partial charge in [-0.2, -0.15) is 0 Å². The molecule has 1 aromatic heterocycles. The van der Waals surface area contributed by atoms with E-state index in [1.165, 1.54) is 0 Å². The third-order valence-electron chi connectivity index (χ3n) is 3.83. The van der Waals surface area contributed by atoms with Crippen molar-refractivity contribution in [3.05, 3.63) is 41.5 Å². The molecule has 1 unspecified atom stereocenters. The van der Waals surface area contributed by atoms with Crippen molar-refractivity contribution in [2.24, 2.45) is 0 Å². The fourth-order valence-corrected chi connectivity index (χ4v) is 2.61. The summed E-state index contributed by atoms with van der Waals surface area (Å²) in [4.78, 5) is 16.5. The maximum absolute atomic E-state index is 12.2. The Morgan fingerprint density at radius 3 is 2.95 bits per heavy atom. The summed E-state index contributed by atoms with van der Waals surface area (Å²) >= 11 is 0. The molecular formula is C16H20N4O2. The second kappa shape index (κ2) is 6.27. The van der Waals surface area contributed by atoms with Crippen LogP contribution in [0.1, 0.15) is 34.8 Å². The number of nitrogens with one attached hydrogen (secondary N) is 1. The molecule has 1 aliphatic heterocycles. The fraction of sp³-hybridized carbons (Fsp3) is 0.438. The lowest BCUT2D eigenvalue weighted by atomic mass is 10.2. The van der Waals surface area contributed by atoms with Crippen molar-refractivity contribution in [3.8, 4) is 5.69 Å². The molecule has 116 valence electrons. The number of rotatable bonds is 4. The van der Waals surface area contributed by atoms with Crippen LogP contribution in [0.5, 0.6) is 0 Å². The highest BCUT2D eigenvalue weighted by Crippen LogP contribution is 2.14. The zero-order chi connectivity index (χ0) is 15.5. The number of nitrogens with zero attached hydrogens (tertiary/aromatic N) is 3. The van der Waals surface area contributed by atoms with Crippen LogP contribution in [0.25, 0.3) is 5.69 Å². The van der Waals surface area contributed by atoms with Crippen LogP contribution in [0.4, 0.5) is 0 Å². The molecule has 1 atom stereocenters. The molecule has 0 saturated carbocycles. The van der Waals surface area contributed by atoms with Gasteiger partial charge in [-0.05, 0) is 38.3 Å². The van der Waals surface area contributed by atoms with E-state index in [9.17, 15) is 4.79 Å². The van der Waals surface area contributed by atoms with E-state index in [-0.39, 0.29) is 17.8 Å². The van der Waals surface area contributed by atoms with Crippen LogP contribution in [0.3, 0.4) is 0 Å². The average molecular weight is 300 g/mol. The van der Waals surface area contributed by atoms with E-state index < -0.39 is 0 Å². The molecule has 22 heavy (non-hydrogen) atoms. The molecule has 1 N–H and O–H groups in total. The summed E-state index contributed by atoms with van der Waals surface area (Å²) in [6, 6.07) is 7.89. The molecule has 2 heterocycles. The topological polar surface area (TPSA) is 69.0 Å². The van der Waals surface area contributed by atoms with E-state index in [0.717, 1.165) is 30.7 Å². The van der Waals surface area contributed by atoms with Gasteiger partial charge in [0.25, 0.3) is 5.91 Å². The van der Waals surface area contributed by atoms with E-state index in [0.29, 0.717) is 12.4 Å². The van der Waals surface area contributed by atoms with Gasteiger partial charge in [-0.25, -0.2) is 9.67 Å². The third kappa shape index (κ3) is 3.01. The zero-order valence-electron chi connectivity index (χ0n) is 12.9. The van der Waals surface area contributed by atoms with Crippen LogP contribution in [0.15, 0.2) is 24.3 Å². The first-order valence-corrected chi connectivity index (χ1v) is 7.54. The van der Waals surface area contributed by atoms with Crippen molar-refractivity contribution in [1.82, 2.24) is 20.1 Å². The minimum absolute atomic E-state index is 0.114. The summed E-state index contributed by atoms with van der Waals surface area (Å²) < 4.78 is 7.20. The van der Waals surface area contributed by atoms with Crippen molar-refractivity contribution in [3.63, 3.8) is 0 Å². The maximum Gasteiger partial charge on any atom is 0.291 e. The molecule has 0 aliphatic carbocycles. The summed E-state index contributed by atoms with van der Waals surface area (Å²) in [6.45, 7) is 5.14. The highest BCUT2D eigenvalue weighted by molar-refractivity contribution is 5.90. The predicted octanol–water partition coefficient (Wildman–Crippen LogP) is 1.79. The third-order valence-corrected chi connectivity index (χ3v) is 3.83. The molecule has 1 aromatic carbocycles.